The van der Waals surface area contributed by atoms with Crippen molar-refractivity contribution >= 4 is 22.9 Å². The highest BCUT2D eigenvalue weighted by atomic mass is 35.5. The lowest BCUT2D eigenvalue weighted by molar-refractivity contribution is 1.07. The molecule has 1 heterocycles. The van der Waals surface area contributed by atoms with Crippen LogP contribution in [-0.2, 0) is 6.54 Å². The Morgan fingerprint density at radius 3 is 3.00 bits per heavy atom. The minimum absolute atomic E-state index is 0. The first-order chi connectivity index (χ1) is 4.83. The lowest BCUT2D eigenvalue weighted by Gasteiger charge is -1.79. The van der Waals surface area contributed by atoms with Crippen LogP contribution in [0.4, 0.5) is 0 Å². The van der Waals surface area contributed by atoms with E-state index in [9.17, 15) is 0 Å². The smallest absolute Gasteiger partial charge is 0.183 e. The molecule has 1 rings (SSSR count). The van der Waals surface area contributed by atoms with Crippen LogP contribution in [0, 0.1) is 0 Å². The number of halogens is 1. The average Bonchev–Trinajstić information content (AvgIpc) is 2.31. The molecule has 0 aromatic carbocycles. The standard InChI is InChI=1S/C4H3ClN4S.CH4/c5-4-7-1-3(10-4)2-8-9-6;/h1H,2H2;1H4. The van der Waals surface area contributed by atoms with Gasteiger partial charge in [-0.2, -0.15) is 0 Å². The number of aromatic nitrogens is 1. The van der Waals surface area contributed by atoms with Crippen LogP contribution < -0.4 is 0 Å². The highest BCUT2D eigenvalue weighted by Crippen LogP contribution is 2.17. The van der Waals surface area contributed by atoms with Crippen molar-refractivity contribution in [2.75, 3.05) is 0 Å². The Kier molecular flexibility index (Phi) is 4.61. The first-order valence-corrected chi connectivity index (χ1v) is 3.63. The summed E-state index contributed by atoms with van der Waals surface area (Å²) in [4.78, 5) is 7.25. The van der Waals surface area contributed by atoms with Gasteiger partial charge in [-0.3, -0.25) is 0 Å². The maximum atomic E-state index is 7.94. The molecule has 0 aliphatic carbocycles. The van der Waals surface area contributed by atoms with E-state index in [0.29, 0.717) is 11.0 Å². The number of hydrogen-bond donors (Lipinski definition) is 0. The van der Waals surface area contributed by atoms with Crippen molar-refractivity contribution in [3.8, 4) is 0 Å². The maximum Gasteiger partial charge on any atom is 0.183 e. The fraction of sp³-hybridized carbons (Fsp3) is 0.400. The Morgan fingerprint density at radius 2 is 2.55 bits per heavy atom. The number of hydrogen-bond acceptors (Lipinski definition) is 3. The van der Waals surface area contributed by atoms with Crippen LogP contribution in [0.5, 0.6) is 0 Å². The molecule has 60 valence electrons. The summed E-state index contributed by atoms with van der Waals surface area (Å²) in [5, 5.41) is 3.35. The normalized spacial score (nSPS) is 8.09. The highest BCUT2D eigenvalue weighted by molar-refractivity contribution is 7.15. The monoisotopic (exact) mass is 190 g/mol. The van der Waals surface area contributed by atoms with Gasteiger partial charge in [-0.1, -0.05) is 24.1 Å². The molecule has 11 heavy (non-hydrogen) atoms. The van der Waals surface area contributed by atoms with Crippen LogP contribution in [0.1, 0.15) is 12.3 Å². The third kappa shape index (κ3) is 3.23. The van der Waals surface area contributed by atoms with Crippen LogP contribution >= 0.6 is 22.9 Å². The number of rotatable bonds is 2. The van der Waals surface area contributed by atoms with Crippen molar-refractivity contribution in [1.82, 2.24) is 4.98 Å². The summed E-state index contributed by atoms with van der Waals surface area (Å²) < 4.78 is 0.475. The van der Waals surface area contributed by atoms with Gasteiger partial charge in [0.1, 0.15) is 0 Å². The average molecular weight is 191 g/mol. The van der Waals surface area contributed by atoms with Crippen molar-refractivity contribution in [2.45, 2.75) is 14.0 Å². The topological polar surface area (TPSA) is 61.7 Å². The van der Waals surface area contributed by atoms with E-state index in [4.69, 9.17) is 17.1 Å². The fourth-order valence-corrected chi connectivity index (χ4v) is 1.35. The maximum absolute atomic E-state index is 7.94. The molecule has 4 nitrogen and oxygen atoms in total. The Morgan fingerprint density at radius 1 is 1.82 bits per heavy atom. The van der Waals surface area contributed by atoms with E-state index in [-0.39, 0.29) is 7.43 Å². The SMILES string of the molecule is C.[N-]=[N+]=NCc1cnc(Cl)s1. The van der Waals surface area contributed by atoms with E-state index in [1.54, 1.807) is 6.20 Å². The molecule has 0 aliphatic rings. The zero-order valence-electron chi connectivity index (χ0n) is 4.86. The molecule has 0 amide bonds. The van der Waals surface area contributed by atoms with Crippen LogP contribution in [0.25, 0.3) is 10.4 Å². The van der Waals surface area contributed by atoms with Gasteiger partial charge in [0.05, 0.1) is 6.54 Å². The van der Waals surface area contributed by atoms with Crippen molar-refractivity contribution in [3.63, 3.8) is 0 Å². The number of nitrogens with zero attached hydrogens (tertiary/aromatic N) is 4. The second-order valence-electron chi connectivity index (χ2n) is 1.47. The molecule has 1 aromatic heterocycles. The Bertz CT molecular complexity index is 265. The predicted octanol–water partition coefficient (Wildman–Crippen LogP) is 3.24. The van der Waals surface area contributed by atoms with Crippen molar-refractivity contribution in [3.05, 3.63) is 26.0 Å². The molecule has 0 saturated heterocycles. The molecule has 6 heteroatoms. The third-order valence-electron chi connectivity index (χ3n) is 0.815. The quantitative estimate of drug-likeness (QED) is 0.401. The summed E-state index contributed by atoms with van der Waals surface area (Å²) in [7, 11) is 0. The van der Waals surface area contributed by atoms with Gasteiger partial charge in [0.2, 0.25) is 0 Å². The van der Waals surface area contributed by atoms with Gasteiger partial charge in [-0.25, -0.2) is 4.98 Å². The first-order valence-electron chi connectivity index (χ1n) is 2.44. The van der Waals surface area contributed by atoms with Crippen molar-refractivity contribution in [2.24, 2.45) is 5.11 Å². The molecule has 0 spiro atoms. The number of thiazole rings is 1. The van der Waals surface area contributed by atoms with E-state index in [1.165, 1.54) is 11.3 Å². The largest absolute Gasteiger partial charge is 0.233 e. The van der Waals surface area contributed by atoms with Crippen molar-refractivity contribution < 1.29 is 0 Å². The second-order valence-corrected chi connectivity index (χ2v) is 3.17. The fourth-order valence-electron chi connectivity index (χ4n) is 0.458. The summed E-state index contributed by atoms with van der Waals surface area (Å²) in [5.74, 6) is 0. The van der Waals surface area contributed by atoms with Crippen LogP contribution in [0.3, 0.4) is 0 Å². The summed E-state index contributed by atoms with van der Waals surface area (Å²) >= 11 is 6.83. The van der Waals surface area contributed by atoms with Gasteiger partial charge >= 0.3 is 0 Å². The zero-order chi connectivity index (χ0) is 7.40. The van der Waals surface area contributed by atoms with Gasteiger partial charge in [-0.15, -0.1) is 11.3 Å². The molecule has 0 unspecified atom stereocenters. The highest BCUT2D eigenvalue weighted by Gasteiger charge is 1.95. The lowest BCUT2D eigenvalue weighted by Crippen LogP contribution is -1.67. The third-order valence-corrected chi connectivity index (χ3v) is 1.91. The molecular formula is C5H7ClN4S. The molecule has 0 fully saturated rings. The summed E-state index contributed by atoms with van der Waals surface area (Å²) in [6, 6.07) is 0. The molecule has 0 saturated carbocycles. The molecule has 0 radical (unpaired) electrons. The van der Waals surface area contributed by atoms with Crippen LogP contribution in [0.15, 0.2) is 11.3 Å². The van der Waals surface area contributed by atoms with E-state index in [2.05, 4.69) is 15.0 Å². The Balaban J connectivity index is 0.000001000. The predicted molar refractivity (Wildman–Crippen MR) is 46.7 cm³/mol. The Hall–Kier alpha value is -0.770. The van der Waals surface area contributed by atoms with Crippen molar-refractivity contribution in [1.29, 1.82) is 0 Å². The van der Waals surface area contributed by atoms with Gasteiger partial charge in [0.25, 0.3) is 0 Å². The molecule has 0 N–H and O–H groups in total. The van der Waals surface area contributed by atoms with E-state index < -0.39 is 0 Å². The molecular weight excluding hydrogens is 184 g/mol. The zero-order valence-corrected chi connectivity index (χ0v) is 6.43. The molecule has 1 aromatic rings. The molecule has 0 atom stereocenters. The Labute approximate surface area is 73.5 Å². The molecule has 0 bridgehead atoms. The summed E-state index contributed by atoms with van der Waals surface area (Å²) in [5.41, 5.74) is 7.94. The van der Waals surface area contributed by atoms with Crippen LogP contribution in [-0.4, -0.2) is 4.98 Å². The first kappa shape index (κ1) is 10.2. The summed E-state index contributed by atoms with van der Waals surface area (Å²) in [6.45, 7) is 0.334. The summed E-state index contributed by atoms with van der Waals surface area (Å²) in [6.07, 6.45) is 1.60. The van der Waals surface area contributed by atoms with Gasteiger partial charge in [-0.05, 0) is 5.53 Å². The van der Waals surface area contributed by atoms with E-state index in [1.807, 2.05) is 0 Å². The van der Waals surface area contributed by atoms with Gasteiger partial charge in [0.15, 0.2) is 4.47 Å². The number of azide groups is 1. The minimum Gasteiger partial charge on any atom is -0.233 e. The second kappa shape index (κ2) is 4.96. The molecule has 0 aliphatic heterocycles. The van der Waals surface area contributed by atoms with Gasteiger partial charge in [0, 0.05) is 16.0 Å². The van der Waals surface area contributed by atoms with Gasteiger partial charge < -0.3 is 0 Å². The van der Waals surface area contributed by atoms with E-state index in [0.717, 1.165) is 4.88 Å². The van der Waals surface area contributed by atoms with Crippen LogP contribution in [0.2, 0.25) is 4.47 Å². The minimum atomic E-state index is 0. The lowest BCUT2D eigenvalue weighted by atomic mass is 10.6. The van der Waals surface area contributed by atoms with E-state index >= 15 is 0 Å².